The standard InChI is InChI=1S/C23H24N2O2/c1-4-14-27-18-9-7-8-17(15-18)12-13-23-22(2,3)19-10-5-6-11-20(19)25(23)16-21(26)24-23/h4-13,15H,1,14,16H2,2-3H3,(H,24,26). The van der Waals surface area contributed by atoms with E-state index in [2.05, 4.69) is 61.0 Å². The van der Waals surface area contributed by atoms with Gasteiger partial charge in [0.2, 0.25) is 5.91 Å². The molecule has 1 fully saturated rings. The molecule has 2 aliphatic heterocycles. The molecule has 1 amide bonds. The lowest BCUT2D eigenvalue weighted by Crippen LogP contribution is -2.58. The van der Waals surface area contributed by atoms with Crippen LogP contribution >= 0.6 is 0 Å². The molecule has 138 valence electrons. The van der Waals surface area contributed by atoms with Crippen LogP contribution in [0.3, 0.4) is 0 Å². The summed E-state index contributed by atoms with van der Waals surface area (Å²) < 4.78 is 5.63. The molecule has 0 spiro atoms. The van der Waals surface area contributed by atoms with Crippen LogP contribution in [0.5, 0.6) is 5.75 Å². The van der Waals surface area contributed by atoms with Gasteiger partial charge in [-0.3, -0.25) is 4.79 Å². The predicted molar refractivity (Wildman–Crippen MR) is 109 cm³/mol. The van der Waals surface area contributed by atoms with Gasteiger partial charge in [-0.1, -0.05) is 62.9 Å². The number of carbonyl (C=O) groups is 1. The molecule has 2 aromatic rings. The number of rotatable bonds is 5. The van der Waals surface area contributed by atoms with Crippen molar-refractivity contribution in [2.24, 2.45) is 0 Å². The van der Waals surface area contributed by atoms with Crippen molar-refractivity contribution in [3.63, 3.8) is 0 Å². The van der Waals surface area contributed by atoms with Crippen LogP contribution in [0.15, 0.2) is 67.3 Å². The molecule has 0 aromatic heterocycles. The lowest BCUT2D eigenvalue weighted by atomic mass is 9.75. The molecule has 0 bridgehead atoms. The number of hydrogen-bond acceptors (Lipinski definition) is 3. The van der Waals surface area contributed by atoms with E-state index in [0.717, 1.165) is 17.0 Å². The monoisotopic (exact) mass is 360 g/mol. The number of fused-ring (bicyclic) bond motifs is 3. The van der Waals surface area contributed by atoms with Gasteiger partial charge in [0.05, 0.1) is 6.54 Å². The van der Waals surface area contributed by atoms with E-state index in [1.165, 1.54) is 5.56 Å². The van der Waals surface area contributed by atoms with E-state index in [1.807, 2.05) is 30.3 Å². The summed E-state index contributed by atoms with van der Waals surface area (Å²) in [5.41, 5.74) is 2.56. The molecule has 4 heteroatoms. The highest BCUT2D eigenvalue weighted by molar-refractivity contribution is 5.91. The Hall–Kier alpha value is -3.01. The second kappa shape index (κ2) is 6.31. The minimum Gasteiger partial charge on any atom is -0.490 e. The van der Waals surface area contributed by atoms with Crippen LogP contribution in [0.2, 0.25) is 0 Å². The van der Waals surface area contributed by atoms with Crippen LogP contribution in [-0.2, 0) is 10.2 Å². The number of carbonyl (C=O) groups excluding carboxylic acids is 1. The Morgan fingerprint density at radius 1 is 1.22 bits per heavy atom. The van der Waals surface area contributed by atoms with Crippen molar-refractivity contribution >= 4 is 17.7 Å². The summed E-state index contributed by atoms with van der Waals surface area (Å²) >= 11 is 0. The zero-order chi connectivity index (χ0) is 19.1. The predicted octanol–water partition coefficient (Wildman–Crippen LogP) is 3.89. The van der Waals surface area contributed by atoms with Gasteiger partial charge in [-0.2, -0.15) is 0 Å². The number of nitrogens with zero attached hydrogens (tertiary/aromatic N) is 1. The van der Waals surface area contributed by atoms with Gasteiger partial charge in [-0.25, -0.2) is 0 Å². The number of para-hydroxylation sites is 1. The van der Waals surface area contributed by atoms with Crippen molar-refractivity contribution in [1.82, 2.24) is 5.32 Å². The molecular formula is C23H24N2O2. The minimum absolute atomic E-state index is 0.0466. The second-order valence-corrected chi connectivity index (χ2v) is 7.55. The van der Waals surface area contributed by atoms with E-state index < -0.39 is 5.66 Å². The smallest absolute Gasteiger partial charge is 0.241 e. The Bertz CT molecular complexity index is 931. The topological polar surface area (TPSA) is 41.6 Å². The van der Waals surface area contributed by atoms with Crippen LogP contribution in [0.1, 0.15) is 25.0 Å². The summed E-state index contributed by atoms with van der Waals surface area (Å²) in [4.78, 5) is 14.5. The maximum absolute atomic E-state index is 12.3. The average molecular weight is 360 g/mol. The van der Waals surface area contributed by atoms with Crippen molar-refractivity contribution in [1.29, 1.82) is 0 Å². The van der Waals surface area contributed by atoms with E-state index in [1.54, 1.807) is 6.08 Å². The van der Waals surface area contributed by atoms with Crippen molar-refractivity contribution in [3.8, 4) is 5.75 Å². The zero-order valence-electron chi connectivity index (χ0n) is 15.7. The fraction of sp³-hybridized carbons (Fsp3) is 0.261. The fourth-order valence-corrected chi connectivity index (χ4v) is 4.22. The van der Waals surface area contributed by atoms with Gasteiger partial charge in [0.25, 0.3) is 0 Å². The largest absolute Gasteiger partial charge is 0.490 e. The first-order valence-electron chi connectivity index (χ1n) is 9.19. The summed E-state index contributed by atoms with van der Waals surface area (Å²) in [5.74, 6) is 0.848. The molecule has 1 atom stereocenters. The number of amides is 1. The third kappa shape index (κ3) is 2.64. The van der Waals surface area contributed by atoms with Gasteiger partial charge in [0.15, 0.2) is 0 Å². The number of benzene rings is 2. The second-order valence-electron chi connectivity index (χ2n) is 7.55. The van der Waals surface area contributed by atoms with Crippen molar-refractivity contribution < 1.29 is 9.53 Å². The Balaban J connectivity index is 1.73. The maximum Gasteiger partial charge on any atom is 0.241 e. The Kier molecular flexibility index (Phi) is 4.06. The van der Waals surface area contributed by atoms with E-state index in [-0.39, 0.29) is 11.3 Å². The molecule has 2 aliphatic rings. The van der Waals surface area contributed by atoms with Crippen LogP contribution in [0.4, 0.5) is 5.69 Å². The highest BCUT2D eigenvalue weighted by atomic mass is 16.5. The van der Waals surface area contributed by atoms with Crippen LogP contribution in [0.25, 0.3) is 6.08 Å². The summed E-state index contributed by atoms with van der Waals surface area (Å²) in [6.07, 6.45) is 5.91. The van der Waals surface area contributed by atoms with Gasteiger partial charge in [-0.05, 0) is 35.4 Å². The first kappa shape index (κ1) is 17.4. The average Bonchev–Trinajstić information content (AvgIpc) is 3.10. The minimum atomic E-state index is -0.578. The summed E-state index contributed by atoms with van der Waals surface area (Å²) in [6.45, 7) is 8.90. The van der Waals surface area contributed by atoms with Gasteiger partial charge >= 0.3 is 0 Å². The Morgan fingerprint density at radius 3 is 2.85 bits per heavy atom. The quantitative estimate of drug-likeness (QED) is 0.823. The normalized spacial score (nSPS) is 22.4. The Labute approximate surface area is 160 Å². The SMILES string of the molecule is C=CCOc1cccc(C=CC23NC(=O)CN2c2ccccc2C3(C)C)c1. The summed E-state index contributed by atoms with van der Waals surface area (Å²) in [5, 5.41) is 3.24. The molecule has 2 aromatic carbocycles. The van der Waals surface area contributed by atoms with E-state index >= 15 is 0 Å². The van der Waals surface area contributed by atoms with Crippen molar-refractivity contribution in [2.45, 2.75) is 24.9 Å². The molecular weight excluding hydrogens is 336 g/mol. The Morgan fingerprint density at radius 2 is 2.04 bits per heavy atom. The first-order chi connectivity index (χ1) is 13.0. The van der Waals surface area contributed by atoms with Gasteiger partial charge in [-0.15, -0.1) is 0 Å². The number of ether oxygens (including phenoxy) is 1. The lowest BCUT2D eigenvalue weighted by Gasteiger charge is -2.40. The molecule has 4 rings (SSSR count). The molecule has 4 nitrogen and oxygen atoms in total. The highest BCUT2D eigenvalue weighted by Gasteiger charge is 2.59. The molecule has 0 radical (unpaired) electrons. The zero-order valence-corrected chi connectivity index (χ0v) is 15.7. The molecule has 1 unspecified atom stereocenters. The third-order valence-corrected chi connectivity index (χ3v) is 5.62. The molecule has 27 heavy (non-hydrogen) atoms. The van der Waals surface area contributed by atoms with Gasteiger partial charge < -0.3 is 15.0 Å². The molecule has 0 aliphatic carbocycles. The van der Waals surface area contributed by atoms with Crippen LogP contribution in [-0.4, -0.2) is 24.7 Å². The molecule has 2 heterocycles. The first-order valence-corrected chi connectivity index (χ1v) is 9.19. The molecule has 1 N–H and O–H groups in total. The van der Waals surface area contributed by atoms with Crippen LogP contribution in [0, 0.1) is 0 Å². The number of hydrogen-bond donors (Lipinski definition) is 1. The maximum atomic E-state index is 12.3. The van der Waals surface area contributed by atoms with Crippen LogP contribution < -0.4 is 15.0 Å². The third-order valence-electron chi connectivity index (χ3n) is 5.62. The van der Waals surface area contributed by atoms with Crippen molar-refractivity contribution in [2.75, 3.05) is 18.1 Å². The van der Waals surface area contributed by atoms with E-state index in [4.69, 9.17) is 4.74 Å². The summed E-state index contributed by atoms with van der Waals surface area (Å²) in [7, 11) is 0. The lowest BCUT2D eigenvalue weighted by molar-refractivity contribution is -0.118. The molecule has 1 saturated heterocycles. The van der Waals surface area contributed by atoms with E-state index in [9.17, 15) is 4.79 Å². The molecule has 0 saturated carbocycles. The fourth-order valence-electron chi connectivity index (χ4n) is 4.22. The number of anilines is 1. The van der Waals surface area contributed by atoms with Gasteiger partial charge in [0.1, 0.15) is 18.0 Å². The number of nitrogens with one attached hydrogen (secondary N) is 1. The highest BCUT2D eigenvalue weighted by Crippen LogP contribution is 2.52. The summed E-state index contributed by atoms with van der Waals surface area (Å²) in [6, 6.07) is 16.3. The van der Waals surface area contributed by atoms with Gasteiger partial charge in [0, 0.05) is 11.1 Å². The van der Waals surface area contributed by atoms with E-state index in [0.29, 0.717) is 13.2 Å². The van der Waals surface area contributed by atoms with Crippen molar-refractivity contribution in [3.05, 3.63) is 78.4 Å².